The Labute approximate surface area is 135 Å². The summed E-state index contributed by atoms with van der Waals surface area (Å²) in [5, 5.41) is 6.24. The molecule has 0 aromatic carbocycles. The van der Waals surface area contributed by atoms with Crippen molar-refractivity contribution in [3.05, 3.63) is 64.4 Å². The fourth-order valence-corrected chi connectivity index (χ4v) is 2.81. The second-order valence-corrected chi connectivity index (χ2v) is 5.62. The maximum absolute atomic E-state index is 6.26. The molecule has 1 aromatic rings. The largest absolute Gasteiger partial charge is 0.366 e. The van der Waals surface area contributed by atoms with E-state index in [9.17, 15) is 0 Å². The molecule has 5 nitrogen and oxygen atoms in total. The Morgan fingerprint density at radius 3 is 3.09 bits per heavy atom. The van der Waals surface area contributed by atoms with Crippen molar-refractivity contribution < 1.29 is 9.57 Å². The van der Waals surface area contributed by atoms with Crippen LogP contribution in [0.25, 0.3) is 0 Å². The van der Waals surface area contributed by atoms with Crippen molar-refractivity contribution >= 4 is 11.6 Å². The normalized spacial score (nSPS) is 17.1. The third kappa shape index (κ3) is 2.96. The second kappa shape index (κ2) is 6.42. The number of nitrogens with one attached hydrogen (secondary N) is 2. The molecule has 0 saturated heterocycles. The van der Waals surface area contributed by atoms with E-state index in [4.69, 9.17) is 16.4 Å². The van der Waals surface area contributed by atoms with Gasteiger partial charge >= 0.3 is 0 Å². The monoisotopic (exact) mass is 319 g/mol. The van der Waals surface area contributed by atoms with Crippen LogP contribution in [-0.2, 0) is 6.54 Å². The van der Waals surface area contributed by atoms with Crippen molar-refractivity contribution in [1.29, 1.82) is 0 Å². The zero-order valence-corrected chi connectivity index (χ0v) is 13.5. The number of nitrogens with zero attached hydrogens (tertiary/aromatic N) is 2. The van der Waals surface area contributed by atoms with Crippen LogP contribution in [0.3, 0.4) is 0 Å². The molecule has 0 fully saturated rings. The molecule has 3 rings (SSSR count). The fraction of sp³-hybridized carbons (Fsp3) is 0.312. The first-order chi connectivity index (χ1) is 10.7. The van der Waals surface area contributed by atoms with Gasteiger partial charge in [0.15, 0.2) is 0 Å². The summed E-state index contributed by atoms with van der Waals surface area (Å²) in [4.78, 5) is 5.18. The minimum atomic E-state index is 0.688. The molecule has 22 heavy (non-hydrogen) atoms. The average Bonchev–Trinajstić information content (AvgIpc) is 2.95. The Kier molecular flexibility index (Phi) is 4.36. The van der Waals surface area contributed by atoms with Gasteiger partial charge in [-0.2, -0.15) is 0 Å². The van der Waals surface area contributed by atoms with E-state index in [2.05, 4.69) is 28.7 Å². The molecule has 0 unspecified atom stereocenters. The molecule has 2 aliphatic rings. The highest BCUT2D eigenvalue weighted by molar-refractivity contribution is 6.31. The van der Waals surface area contributed by atoms with Gasteiger partial charge in [-0.25, -0.2) is 5.43 Å². The summed E-state index contributed by atoms with van der Waals surface area (Å²) in [7, 11) is 1.64. The maximum atomic E-state index is 6.26. The van der Waals surface area contributed by atoms with Crippen LogP contribution in [0.1, 0.15) is 18.9 Å². The fourth-order valence-electron chi connectivity index (χ4n) is 2.61. The summed E-state index contributed by atoms with van der Waals surface area (Å²) < 4.78 is 1.67. The summed E-state index contributed by atoms with van der Waals surface area (Å²) >= 11 is 6.26. The van der Waals surface area contributed by atoms with Gasteiger partial charge in [0.2, 0.25) is 12.4 Å². The molecule has 2 N–H and O–H groups in total. The number of hydrogen-bond acceptors (Lipinski definition) is 4. The lowest BCUT2D eigenvalue weighted by Gasteiger charge is -2.27. The zero-order chi connectivity index (χ0) is 15.5. The number of hydrogen-bond donors (Lipinski definition) is 2. The second-order valence-electron chi connectivity index (χ2n) is 5.18. The Bertz CT molecular complexity index is 666. The van der Waals surface area contributed by atoms with Crippen molar-refractivity contribution in [3.63, 3.8) is 0 Å². The van der Waals surface area contributed by atoms with Gasteiger partial charge in [0, 0.05) is 34.5 Å². The lowest BCUT2D eigenvalue weighted by molar-refractivity contribution is -0.885. The summed E-state index contributed by atoms with van der Waals surface area (Å²) in [6.45, 7) is 3.71. The molecular formula is C16H20ClN4O+. The standard InChI is InChI=1S/C16H20ClN4O/c1-3-13-10-19-21-15(13)7-14(17)8-16(21)18-9-12-5-4-6-20(11-12)22-2/h4-8,11,18-19H,3,9-10H2,1-2H3/q+1. The molecule has 0 bridgehead atoms. The quantitative estimate of drug-likeness (QED) is 0.809. The van der Waals surface area contributed by atoms with Crippen LogP contribution in [0.15, 0.2) is 58.8 Å². The molecular weight excluding hydrogens is 300 g/mol. The lowest BCUT2D eigenvalue weighted by atomic mass is 10.1. The molecule has 0 amide bonds. The van der Waals surface area contributed by atoms with Crippen molar-refractivity contribution in [2.24, 2.45) is 0 Å². The average molecular weight is 320 g/mol. The number of halogens is 1. The first-order valence-corrected chi connectivity index (χ1v) is 7.72. The number of pyridine rings is 1. The Balaban J connectivity index is 1.75. The van der Waals surface area contributed by atoms with Gasteiger partial charge in [0.25, 0.3) is 0 Å². The van der Waals surface area contributed by atoms with Crippen LogP contribution in [0.5, 0.6) is 0 Å². The van der Waals surface area contributed by atoms with Crippen LogP contribution in [0.4, 0.5) is 0 Å². The molecule has 1 aromatic heterocycles. The number of rotatable bonds is 5. The Morgan fingerprint density at radius 2 is 2.32 bits per heavy atom. The van der Waals surface area contributed by atoms with Gasteiger partial charge in [-0.3, -0.25) is 9.85 Å². The van der Waals surface area contributed by atoms with Crippen molar-refractivity contribution in [2.45, 2.75) is 19.9 Å². The number of fused-ring (bicyclic) bond motifs is 1. The molecule has 0 aliphatic carbocycles. The third-order valence-electron chi connectivity index (χ3n) is 3.79. The Morgan fingerprint density at radius 1 is 1.45 bits per heavy atom. The minimum Gasteiger partial charge on any atom is -0.366 e. The van der Waals surface area contributed by atoms with E-state index < -0.39 is 0 Å². The van der Waals surface area contributed by atoms with E-state index in [1.807, 2.05) is 30.6 Å². The van der Waals surface area contributed by atoms with Crippen molar-refractivity contribution in [1.82, 2.24) is 15.8 Å². The van der Waals surface area contributed by atoms with E-state index in [1.54, 1.807) is 11.8 Å². The van der Waals surface area contributed by atoms with E-state index >= 15 is 0 Å². The number of hydrazine groups is 1. The summed E-state index contributed by atoms with van der Waals surface area (Å²) in [5.41, 5.74) is 7.02. The zero-order valence-electron chi connectivity index (χ0n) is 12.8. The van der Waals surface area contributed by atoms with E-state index in [0.29, 0.717) is 6.54 Å². The van der Waals surface area contributed by atoms with E-state index in [1.165, 1.54) is 5.57 Å². The smallest absolute Gasteiger partial charge is 0.227 e. The third-order valence-corrected chi connectivity index (χ3v) is 4.01. The van der Waals surface area contributed by atoms with Gasteiger partial charge in [-0.15, -0.1) is 0 Å². The molecule has 0 atom stereocenters. The number of aromatic nitrogens is 1. The van der Waals surface area contributed by atoms with Crippen LogP contribution < -0.4 is 20.3 Å². The molecule has 0 radical (unpaired) electrons. The summed E-state index contributed by atoms with van der Waals surface area (Å²) in [5.74, 6) is 0.957. The summed E-state index contributed by atoms with van der Waals surface area (Å²) in [6.07, 6.45) is 8.76. The van der Waals surface area contributed by atoms with Crippen molar-refractivity contribution in [2.75, 3.05) is 13.7 Å². The molecule has 2 aliphatic heterocycles. The molecule has 0 saturated carbocycles. The SMILES string of the molecule is CCC1=C2C=C(Cl)C=C(NCc3ccc[n+](OC)c3)N2NC1. The van der Waals surface area contributed by atoms with E-state index in [-0.39, 0.29) is 0 Å². The molecule has 0 spiro atoms. The van der Waals surface area contributed by atoms with Gasteiger partial charge in [0.05, 0.1) is 5.70 Å². The van der Waals surface area contributed by atoms with Crippen LogP contribution in [-0.4, -0.2) is 18.7 Å². The van der Waals surface area contributed by atoms with Crippen LogP contribution in [0, 0.1) is 0 Å². The Hall–Kier alpha value is -1.98. The van der Waals surface area contributed by atoms with Gasteiger partial charge in [-0.05, 0) is 30.2 Å². The van der Waals surface area contributed by atoms with Gasteiger partial charge < -0.3 is 5.32 Å². The highest BCUT2D eigenvalue weighted by Gasteiger charge is 2.25. The van der Waals surface area contributed by atoms with Crippen LogP contribution >= 0.6 is 11.6 Å². The van der Waals surface area contributed by atoms with Gasteiger partial charge in [-0.1, -0.05) is 18.5 Å². The highest BCUT2D eigenvalue weighted by Crippen LogP contribution is 2.29. The summed E-state index contributed by atoms with van der Waals surface area (Å²) in [6, 6.07) is 4.01. The minimum absolute atomic E-state index is 0.688. The first-order valence-electron chi connectivity index (χ1n) is 7.34. The molecule has 6 heteroatoms. The lowest BCUT2D eigenvalue weighted by Crippen LogP contribution is -2.41. The van der Waals surface area contributed by atoms with Crippen molar-refractivity contribution in [3.8, 4) is 0 Å². The highest BCUT2D eigenvalue weighted by atomic mass is 35.5. The topological polar surface area (TPSA) is 40.4 Å². The molecule has 3 heterocycles. The van der Waals surface area contributed by atoms with Gasteiger partial charge in [0.1, 0.15) is 12.9 Å². The van der Waals surface area contributed by atoms with Crippen LogP contribution in [0.2, 0.25) is 0 Å². The predicted octanol–water partition coefficient (Wildman–Crippen LogP) is 1.58. The number of allylic oxidation sites excluding steroid dienone is 3. The predicted molar refractivity (Wildman–Crippen MR) is 85.2 cm³/mol. The first kappa shape index (κ1) is 14.9. The molecule has 116 valence electrons. The van der Waals surface area contributed by atoms with E-state index in [0.717, 1.165) is 35.1 Å². The maximum Gasteiger partial charge on any atom is 0.227 e.